The maximum absolute atomic E-state index is 5.46. The van der Waals surface area contributed by atoms with Crippen LogP contribution in [0, 0.1) is 5.92 Å². The van der Waals surface area contributed by atoms with Crippen LogP contribution in [0.15, 0.2) is 12.4 Å². The maximum atomic E-state index is 5.46. The summed E-state index contributed by atoms with van der Waals surface area (Å²) in [6.07, 6.45) is 7.67. The van der Waals surface area contributed by atoms with Crippen LogP contribution in [0.1, 0.15) is 32.3 Å². The fraction of sp³-hybridized carbons (Fsp3) is 0.786. The molecule has 0 spiro atoms. The number of hydrogen-bond acceptors (Lipinski definition) is 3. The van der Waals surface area contributed by atoms with E-state index in [1.165, 1.54) is 18.4 Å². The van der Waals surface area contributed by atoms with Crippen LogP contribution >= 0.6 is 0 Å². The van der Waals surface area contributed by atoms with E-state index in [0.717, 1.165) is 38.6 Å². The largest absolute Gasteiger partial charge is 0.381 e. The number of ether oxygens (including phenoxy) is 1. The highest BCUT2D eigenvalue weighted by molar-refractivity contribution is 5.06. The van der Waals surface area contributed by atoms with E-state index in [9.17, 15) is 0 Å². The van der Waals surface area contributed by atoms with Crippen LogP contribution in [0.2, 0.25) is 0 Å². The first-order valence-electron chi connectivity index (χ1n) is 7.14. The third-order valence-corrected chi connectivity index (χ3v) is 3.63. The van der Waals surface area contributed by atoms with E-state index in [4.69, 9.17) is 4.74 Å². The van der Waals surface area contributed by atoms with Gasteiger partial charge in [-0.2, -0.15) is 5.10 Å². The standard InChI is InChI=1S/C14H25N3O/c1-3-15-14(7-12-5-6-18-11-12)8-13-9-16-17(4-2)10-13/h9-10,12,14-15H,3-8,11H2,1-2H3. The summed E-state index contributed by atoms with van der Waals surface area (Å²) < 4.78 is 7.46. The monoisotopic (exact) mass is 251 g/mol. The zero-order valence-corrected chi connectivity index (χ0v) is 11.6. The SMILES string of the molecule is CCNC(Cc1cnn(CC)c1)CC1CCOC1. The lowest BCUT2D eigenvalue weighted by Gasteiger charge is -2.20. The fourth-order valence-electron chi connectivity index (χ4n) is 2.67. The predicted octanol–water partition coefficient (Wildman–Crippen LogP) is 1.85. The fourth-order valence-corrected chi connectivity index (χ4v) is 2.67. The predicted molar refractivity (Wildman–Crippen MR) is 72.6 cm³/mol. The van der Waals surface area contributed by atoms with E-state index in [-0.39, 0.29) is 0 Å². The molecule has 1 N–H and O–H groups in total. The lowest BCUT2D eigenvalue weighted by Crippen LogP contribution is -2.33. The summed E-state index contributed by atoms with van der Waals surface area (Å²) in [4.78, 5) is 0. The average Bonchev–Trinajstić information content (AvgIpc) is 3.00. The summed E-state index contributed by atoms with van der Waals surface area (Å²) in [6, 6.07) is 0.552. The summed E-state index contributed by atoms with van der Waals surface area (Å²) in [5.74, 6) is 0.732. The van der Waals surface area contributed by atoms with Gasteiger partial charge in [0.2, 0.25) is 0 Å². The highest BCUT2D eigenvalue weighted by Crippen LogP contribution is 2.20. The second kappa shape index (κ2) is 6.90. The van der Waals surface area contributed by atoms with Gasteiger partial charge >= 0.3 is 0 Å². The van der Waals surface area contributed by atoms with Crippen LogP contribution in [0.25, 0.3) is 0 Å². The van der Waals surface area contributed by atoms with E-state index in [1.807, 2.05) is 10.9 Å². The zero-order valence-electron chi connectivity index (χ0n) is 11.6. The van der Waals surface area contributed by atoms with Crippen molar-refractivity contribution < 1.29 is 4.74 Å². The lowest BCUT2D eigenvalue weighted by molar-refractivity contribution is 0.181. The van der Waals surface area contributed by atoms with Gasteiger partial charge in [-0.15, -0.1) is 0 Å². The Morgan fingerprint density at radius 1 is 1.56 bits per heavy atom. The molecule has 4 nitrogen and oxygen atoms in total. The zero-order chi connectivity index (χ0) is 12.8. The molecule has 102 valence electrons. The van der Waals surface area contributed by atoms with Crippen LogP contribution < -0.4 is 5.32 Å². The van der Waals surface area contributed by atoms with Crippen LogP contribution in [0.5, 0.6) is 0 Å². The van der Waals surface area contributed by atoms with E-state index < -0.39 is 0 Å². The smallest absolute Gasteiger partial charge is 0.0522 e. The van der Waals surface area contributed by atoms with Crippen LogP contribution in [-0.2, 0) is 17.7 Å². The quantitative estimate of drug-likeness (QED) is 0.804. The molecular formula is C14H25N3O. The van der Waals surface area contributed by atoms with E-state index >= 15 is 0 Å². The van der Waals surface area contributed by atoms with Crippen molar-refractivity contribution in [3.05, 3.63) is 18.0 Å². The molecule has 1 fully saturated rings. The number of hydrogen-bond donors (Lipinski definition) is 1. The van der Waals surface area contributed by atoms with Gasteiger partial charge in [0.25, 0.3) is 0 Å². The molecule has 2 atom stereocenters. The van der Waals surface area contributed by atoms with Crippen LogP contribution in [0.3, 0.4) is 0 Å². The molecule has 1 aromatic heterocycles. The molecular weight excluding hydrogens is 226 g/mol. The minimum absolute atomic E-state index is 0.552. The molecule has 0 radical (unpaired) electrons. The first-order valence-corrected chi connectivity index (χ1v) is 7.14. The van der Waals surface area contributed by atoms with Crippen LogP contribution in [-0.4, -0.2) is 35.6 Å². The Bertz CT molecular complexity index is 345. The number of aryl methyl sites for hydroxylation is 1. The molecule has 1 aliphatic rings. The van der Waals surface area contributed by atoms with Crippen molar-refractivity contribution >= 4 is 0 Å². The van der Waals surface area contributed by atoms with Gasteiger partial charge in [-0.3, -0.25) is 4.68 Å². The van der Waals surface area contributed by atoms with Gasteiger partial charge in [0, 0.05) is 32.0 Å². The normalized spacial score (nSPS) is 21.3. The molecule has 0 aromatic carbocycles. The van der Waals surface area contributed by atoms with Crippen LogP contribution in [0.4, 0.5) is 0 Å². The van der Waals surface area contributed by atoms with Crippen molar-refractivity contribution in [1.29, 1.82) is 0 Å². The maximum Gasteiger partial charge on any atom is 0.0522 e. The number of aromatic nitrogens is 2. The number of rotatable bonds is 7. The minimum atomic E-state index is 0.552. The number of nitrogens with zero attached hydrogens (tertiary/aromatic N) is 2. The number of nitrogens with one attached hydrogen (secondary N) is 1. The van der Waals surface area contributed by atoms with Gasteiger partial charge in [0.05, 0.1) is 6.20 Å². The van der Waals surface area contributed by atoms with Crippen molar-refractivity contribution in [3.8, 4) is 0 Å². The lowest BCUT2D eigenvalue weighted by atomic mass is 9.95. The average molecular weight is 251 g/mol. The highest BCUT2D eigenvalue weighted by atomic mass is 16.5. The van der Waals surface area contributed by atoms with Gasteiger partial charge in [-0.25, -0.2) is 0 Å². The van der Waals surface area contributed by atoms with Crippen molar-refractivity contribution in [1.82, 2.24) is 15.1 Å². The molecule has 0 bridgehead atoms. The van der Waals surface area contributed by atoms with E-state index in [2.05, 4.69) is 30.5 Å². The summed E-state index contributed by atoms with van der Waals surface area (Å²) >= 11 is 0. The Morgan fingerprint density at radius 3 is 3.06 bits per heavy atom. The summed E-state index contributed by atoms with van der Waals surface area (Å²) in [7, 11) is 0. The molecule has 2 rings (SSSR count). The van der Waals surface area contributed by atoms with Gasteiger partial charge in [-0.1, -0.05) is 6.92 Å². The van der Waals surface area contributed by atoms with Crippen molar-refractivity contribution in [2.45, 2.75) is 45.7 Å². The third kappa shape index (κ3) is 3.82. The molecule has 0 saturated carbocycles. The molecule has 1 aromatic rings. The topological polar surface area (TPSA) is 39.1 Å². The van der Waals surface area contributed by atoms with Gasteiger partial charge < -0.3 is 10.1 Å². The minimum Gasteiger partial charge on any atom is -0.381 e. The summed E-state index contributed by atoms with van der Waals surface area (Å²) in [6.45, 7) is 8.15. The van der Waals surface area contributed by atoms with Crippen molar-refractivity contribution in [3.63, 3.8) is 0 Å². The molecule has 0 amide bonds. The molecule has 2 heterocycles. The Balaban J connectivity index is 1.87. The summed E-state index contributed by atoms with van der Waals surface area (Å²) in [5.41, 5.74) is 1.33. The van der Waals surface area contributed by atoms with Gasteiger partial charge in [0.1, 0.15) is 0 Å². The second-order valence-corrected chi connectivity index (χ2v) is 5.13. The summed E-state index contributed by atoms with van der Waals surface area (Å²) in [5, 5.41) is 7.94. The molecule has 0 aliphatic carbocycles. The van der Waals surface area contributed by atoms with E-state index in [1.54, 1.807) is 0 Å². The molecule has 1 aliphatic heterocycles. The Kier molecular flexibility index (Phi) is 5.20. The number of likely N-dealkylation sites (N-methyl/N-ethyl adjacent to an activating group) is 1. The highest BCUT2D eigenvalue weighted by Gasteiger charge is 2.20. The second-order valence-electron chi connectivity index (χ2n) is 5.13. The van der Waals surface area contributed by atoms with Gasteiger partial charge in [-0.05, 0) is 44.2 Å². The van der Waals surface area contributed by atoms with Crippen molar-refractivity contribution in [2.75, 3.05) is 19.8 Å². The first-order chi connectivity index (χ1) is 8.81. The first kappa shape index (κ1) is 13.6. The Morgan fingerprint density at radius 2 is 2.44 bits per heavy atom. The molecule has 4 heteroatoms. The molecule has 1 saturated heterocycles. The van der Waals surface area contributed by atoms with Gasteiger partial charge in [0.15, 0.2) is 0 Å². The Labute approximate surface area is 110 Å². The molecule has 18 heavy (non-hydrogen) atoms. The molecule has 2 unspecified atom stereocenters. The Hall–Kier alpha value is -0.870. The van der Waals surface area contributed by atoms with Crippen molar-refractivity contribution in [2.24, 2.45) is 5.92 Å². The van der Waals surface area contributed by atoms with E-state index in [0.29, 0.717) is 6.04 Å². The third-order valence-electron chi connectivity index (χ3n) is 3.63.